The van der Waals surface area contributed by atoms with Crippen molar-refractivity contribution in [3.63, 3.8) is 0 Å². The first-order chi connectivity index (χ1) is 15.4. The third kappa shape index (κ3) is 4.76. The highest BCUT2D eigenvalue weighted by Crippen LogP contribution is 2.47. The van der Waals surface area contributed by atoms with Gasteiger partial charge in [0.15, 0.2) is 16.3 Å². The van der Waals surface area contributed by atoms with Crippen LogP contribution in [0.1, 0.15) is 10.4 Å². The molecule has 0 aliphatic carbocycles. The smallest absolute Gasteiger partial charge is 0.421 e. The highest BCUT2D eigenvalue weighted by molar-refractivity contribution is 9.10. The maximum absolute atomic E-state index is 13.6. The van der Waals surface area contributed by atoms with E-state index in [1.54, 1.807) is 20.2 Å². The van der Waals surface area contributed by atoms with Crippen LogP contribution in [0.5, 0.6) is 11.5 Å². The van der Waals surface area contributed by atoms with Crippen molar-refractivity contribution >= 4 is 33.3 Å². The molecule has 0 atom stereocenters. The molecule has 4 rings (SSSR count). The highest BCUT2D eigenvalue weighted by atomic mass is 79.9. The van der Waals surface area contributed by atoms with Crippen LogP contribution in [-0.4, -0.2) is 34.8 Å². The number of thiazole rings is 1. The van der Waals surface area contributed by atoms with Crippen molar-refractivity contribution in [1.82, 2.24) is 9.47 Å². The molecule has 6 nitrogen and oxygen atoms in total. The molecular formula is C21H16BrF4N3O3S. The van der Waals surface area contributed by atoms with Crippen molar-refractivity contribution < 1.29 is 31.8 Å². The number of carbonyl (C=O) groups is 1. The van der Waals surface area contributed by atoms with Crippen molar-refractivity contribution in [1.29, 1.82) is 0 Å². The molecule has 0 fully saturated rings. The van der Waals surface area contributed by atoms with Gasteiger partial charge in [0.2, 0.25) is 0 Å². The van der Waals surface area contributed by atoms with Gasteiger partial charge in [0.1, 0.15) is 0 Å². The minimum Gasteiger partial charge on any atom is -0.421 e. The standard InChI is InChI=1S/C21H16BrF4N3O3S/c1-12-10-29(15-6-7-16-17(9-15)32-21(25,26)20(23,24)31-16)19(33-12)27-18(30)28(2)11-13-4-3-5-14(22)8-13/h3-10H,11H2,1-2H3. The fourth-order valence-electron chi connectivity index (χ4n) is 3.07. The van der Waals surface area contributed by atoms with Gasteiger partial charge >= 0.3 is 18.2 Å². The van der Waals surface area contributed by atoms with E-state index in [0.717, 1.165) is 27.0 Å². The summed E-state index contributed by atoms with van der Waals surface area (Å²) in [5, 5.41) is 0. The summed E-state index contributed by atoms with van der Waals surface area (Å²) in [5.41, 5.74) is 1.18. The molecule has 1 aliphatic rings. The number of carbonyl (C=O) groups excluding carboxylic acids is 1. The van der Waals surface area contributed by atoms with Gasteiger partial charge in [-0.2, -0.15) is 22.6 Å². The van der Waals surface area contributed by atoms with Crippen LogP contribution in [0.2, 0.25) is 0 Å². The largest absolute Gasteiger partial charge is 0.507 e. The number of halogens is 5. The summed E-state index contributed by atoms with van der Waals surface area (Å²) in [6.45, 7) is 2.10. The molecule has 0 N–H and O–H groups in total. The summed E-state index contributed by atoms with van der Waals surface area (Å²) in [7, 11) is 1.60. The van der Waals surface area contributed by atoms with E-state index in [-0.39, 0.29) is 10.5 Å². The summed E-state index contributed by atoms with van der Waals surface area (Å²) < 4.78 is 64.6. The zero-order valence-corrected chi connectivity index (χ0v) is 19.6. The number of aryl methyl sites for hydroxylation is 1. The van der Waals surface area contributed by atoms with E-state index in [1.165, 1.54) is 26.9 Å². The van der Waals surface area contributed by atoms with Crippen LogP contribution >= 0.6 is 27.3 Å². The first-order valence-electron chi connectivity index (χ1n) is 9.47. The Morgan fingerprint density at radius 3 is 2.52 bits per heavy atom. The second-order valence-corrected chi connectivity index (χ2v) is 9.37. The number of hydrogen-bond acceptors (Lipinski definition) is 4. The van der Waals surface area contributed by atoms with Gasteiger partial charge in [0.05, 0.1) is 5.69 Å². The molecule has 33 heavy (non-hydrogen) atoms. The number of aromatic nitrogens is 1. The number of amides is 2. The summed E-state index contributed by atoms with van der Waals surface area (Å²) in [5.74, 6) is -1.07. The second kappa shape index (κ2) is 8.49. The van der Waals surface area contributed by atoms with E-state index in [2.05, 4.69) is 30.4 Å². The van der Waals surface area contributed by atoms with Crippen LogP contribution in [0.15, 0.2) is 58.1 Å². The molecule has 0 saturated carbocycles. The molecule has 1 aromatic heterocycles. The summed E-state index contributed by atoms with van der Waals surface area (Å²) >= 11 is 4.59. The van der Waals surface area contributed by atoms with E-state index in [1.807, 2.05) is 24.3 Å². The third-order valence-corrected chi connectivity index (χ3v) is 6.01. The summed E-state index contributed by atoms with van der Waals surface area (Å²) in [6.07, 6.45) is -7.98. The lowest BCUT2D eigenvalue weighted by atomic mass is 10.2. The Morgan fingerprint density at radius 1 is 1.12 bits per heavy atom. The van der Waals surface area contributed by atoms with Crippen molar-refractivity contribution in [2.45, 2.75) is 25.7 Å². The molecule has 0 spiro atoms. The van der Waals surface area contributed by atoms with Gasteiger partial charge in [0.25, 0.3) is 0 Å². The number of hydrogen-bond donors (Lipinski definition) is 0. The fourth-order valence-corrected chi connectivity index (χ4v) is 4.34. The number of alkyl halides is 4. The molecule has 174 valence electrons. The minimum atomic E-state index is -4.83. The van der Waals surface area contributed by atoms with Crippen molar-refractivity contribution in [2.24, 2.45) is 4.99 Å². The Balaban J connectivity index is 1.64. The van der Waals surface area contributed by atoms with E-state index in [0.29, 0.717) is 6.54 Å². The monoisotopic (exact) mass is 545 g/mol. The lowest BCUT2D eigenvalue weighted by Gasteiger charge is -2.31. The normalized spacial score (nSPS) is 16.5. The molecule has 0 radical (unpaired) electrons. The average Bonchev–Trinajstić information content (AvgIpc) is 3.08. The van der Waals surface area contributed by atoms with Gasteiger partial charge in [-0.15, -0.1) is 11.3 Å². The minimum absolute atomic E-state index is 0.271. The Labute approximate surface area is 197 Å². The zero-order valence-electron chi connectivity index (χ0n) is 17.2. The maximum atomic E-state index is 13.6. The Kier molecular flexibility index (Phi) is 5.99. The first kappa shape index (κ1) is 23.3. The number of benzene rings is 2. The van der Waals surface area contributed by atoms with Gasteiger partial charge in [-0.3, -0.25) is 4.57 Å². The van der Waals surface area contributed by atoms with Crippen LogP contribution in [0.25, 0.3) is 5.69 Å². The van der Waals surface area contributed by atoms with Gasteiger partial charge in [-0.25, -0.2) is 4.79 Å². The molecule has 0 unspecified atom stereocenters. The lowest BCUT2D eigenvalue weighted by molar-refractivity contribution is -0.391. The topological polar surface area (TPSA) is 56.1 Å². The molecule has 1 aliphatic heterocycles. The van der Waals surface area contributed by atoms with Crippen LogP contribution in [0.4, 0.5) is 22.4 Å². The molecule has 2 aromatic carbocycles. The second-order valence-electron chi connectivity index (χ2n) is 7.24. The van der Waals surface area contributed by atoms with Gasteiger partial charge in [-0.05, 0) is 36.8 Å². The molecule has 2 heterocycles. The van der Waals surface area contributed by atoms with Gasteiger partial charge in [0, 0.05) is 35.2 Å². The molecule has 12 heteroatoms. The number of nitrogens with zero attached hydrogens (tertiary/aromatic N) is 3. The summed E-state index contributed by atoms with van der Waals surface area (Å²) in [4.78, 5) is 19.3. The average molecular weight is 546 g/mol. The molecule has 0 bridgehead atoms. The predicted octanol–water partition coefficient (Wildman–Crippen LogP) is 5.72. The quantitative estimate of drug-likeness (QED) is 0.395. The van der Waals surface area contributed by atoms with Crippen LogP contribution in [0.3, 0.4) is 0 Å². The van der Waals surface area contributed by atoms with Crippen LogP contribution < -0.4 is 14.3 Å². The van der Waals surface area contributed by atoms with E-state index < -0.39 is 29.7 Å². The maximum Gasteiger partial charge on any atom is 0.507 e. The van der Waals surface area contributed by atoms with Crippen molar-refractivity contribution in [3.8, 4) is 17.2 Å². The van der Waals surface area contributed by atoms with E-state index in [4.69, 9.17) is 0 Å². The van der Waals surface area contributed by atoms with Crippen molar-refractivity contribution in [3.05, 3.63) is 68.4 Å². The first-order valence-corrected chi connectivity index (χ1v) is 11.1. The van der Waals surface area contributed by atoms with Gasteiger partial charge < -0.3 is 14.4 Å². The molecular weight excluding hydrogens is 530 g/mol. The van der Waals surface area contributed by atoms with Crippen molar-refractivity contribution in [2.75, 3.05) is 7.05 Å². The molecule has 2 amide bonds. The van der Waals surface area contributed by atoms with E-state index in [9.17, 15) is 22.4 Å². The number of fused-ring (bicyclic) bond motifs is 1. The lowest BCUT2D eigenvalue weighted by Crippen LogP contribution is -2.52. The van der Waals surface area contributed by atoms with Gasteiger partial charge in [-0.1, -0.05) is 28.1 Å². The third-order valence-electron chi connectivity index (χ3n) is 4.62. The van der Waals surface area contributed by atoms with Crippen LogP contribution in [0, 0.1) is 6.92 Å². The zero-order chi connectivity index (χ0) is 24.0. The van der Waals surface area contributed by atoms with E-state index >= 15 is 0 Å². The Hall–Kier alpha value is -2.86. The Bertz CT molecular complexity index is 1290. The number of ether oxygens (including phenoxy) is 2. The summed E-state index contributed by atoms with van der Waals surface area (Å²) in [6, 6.07) is 10.6. The van der Waals surface area contributed by atoms with Crippen LogP contribution in [-0.2, 0) is 6.54 Å². The highest BCUT2D eigenvalue weighted by Gasteiger charge is 2.65. The predicted molar refractivity (Wildman–Crippen MR) is 116 cm³/mol. The SMILES string of the molecule is Cc1cn(-c2ccc3c(c2)OC(F)(F)C(F)(F)O3)c(=NC(=O)N(C)Cc2cccc(Br)c2)s1. The number of urea groups is 1. The Morgan fingerprint density at radius 2 is 1.82 bits per heavy atom. The molecule has 3 aromatic rings. The number of rotatable bonds is 3. The fraction of sp³-hybridized carbons (Fsp3) is 0.238. The molecule has 0 saturated heterocycles.